The summed E-state index contributed by atoms with van der Waals surface area (Å²) in [6.07, 6.45) is 3.25. The Morgan fingerprint density at radius 2 is 1.95 bits per heavy atom. The zero-order chi connectivity index (χ0) is 27.4. The number of hydrogen-bond donors (Lipinski definition) is 1. The van der Waals surface area contributed by atoms with E-state index >= 15 is 0 Å². The topological polar surface area (TPSA) is 125 Å². The summed E-state index contributed by atoms with van der Waals surface area (Å²) in [6, 6.07) is 18.1. The average molecular weight is 527 g/mol. The van der Waals surface area contributed by atoms with Gasteiger partial charge in [-0.1, -0.05) is 23.4 Å². The number of anilines is 3. The number of carbonyl (C=O) groups is 1. The Morgan fingerprint density at radius 1 is 1.13 bits per heavy atom. The highest BCUT2D eigenvalue weighted by molar-refractivity contribution is 6.03. The van der Waals surface area contributed by atoms with Crippen LogP contribution in [0.1, 0.15) is 23.0 Å². The molecule has 4 heterocycles. The molecule has 198 valence electrons. The number of fused-ring (bicyclic) bond motifs is 1. The van der Waals surface area contributed by atoms with Gasteiger partial charge >= 0.3 is 5.97 Å². The van der Waals surface area contributed by atoms with Gasteiger partial charge in [-0.15, -0.1) is 0 Å². The second kappa shape index (κ2) is 11.1. The van der Waals surface area contributed by atoms with Crippen LogP contribution in [-0.2, 0) is 11.3 Å². The third-order valence-electron chi connectivity index (χ3n) is 5.97. The number of methoxy groups -OCH3 is 1. The highest BCUT2D eigenvalue weighted by Crippen LogP contribution is 2.32. The van der Waals surface area contributed by atoms with E-state index in [-0.39, 0.29) is 29.1 Å². The summed E-state index contributed by atoms with van der Waals surface area (Å²) in [7, 11) is 3.50. The molecule has 11 nitrogen and oxygen atoms in total. The minimum absolute atomic E-state index is 0.0476. The van der Waals surface area contributed by atoms with Gasteiger partial charge in [-0.2, -0.15) is 0 Å². The second-order valence-corrected chi connectivity index (χ2v) is 8.57. The maximum Gasteiger partial charge on any atom is 0.362 e. The van der Waals surface area contributed by atoms with Gasteiger partial charge in [0.1, 0.15) is 28.6 Å². The number of carbonyl (C=O) groups excluding carboxylic acids is 1. The number of rotatable bonds is 9. The van der Waals surface area contributed by atoms with Gasteiger partial charge in [0.05, 0.1) is 19.4 Å². The number of hydrogen-bond acceptors (Lipinski definition) is 10. The molecule has 0 saturated heterocycles. The van der Waals surface area contributed by atoms with Crippen LogP contribution in [0.25, 0.3) is 16.9 Å². The van der Waals surface area contributed by atoms with Crippen LogP contribution in [0.3, 0.4) is 0 Å². The molecule has 0 aliphatic carbocycles. The van der Waals surface area contributed by atoms with Gasteiger partial charge in [0, 0.05) is 32.1 Å². The Hall–Kier alpha value is -5.19. The zero-order valence-corrected chi connectivity index (χ0v) is 21.6. The summed E-state index contributed by atoms with van der Waals surface area (Å²) in [5.41, 5.74) is 2.07. The molecule has 5 rings (SSSR count). The Balaban J connectivity index is 1.56. The van der Waals surface area contributed by atoms with E-state index < -0.39 is 5.97 Å². The smallest absolute Gasteiger partial charge is 0.362 e. The van der Waals surface area contributed by atoms with Crippen LogP contribution < -0.4 is 20.5 Å². The summed E-state index contributed by atoms with van der Waals surface area (Å²) in [5, 5.41) is 7.05. The fourth-order valence-corrected chi connectivity index (χ4v) is 4.08. The number of esters is 1. The van der Waals surface area contributed by atoms with Crippen molar-refractivity contribution in [2.24, 2.45) is 0 Å². The maximum atomic E-state index is 13.3. The quantitative estimate of drug-likeness (QED) is 0.277. The molecule has 1 N–H and O–H groups in total. The van der Waals surface area contributed by atoms with Gasteiger partial charge in [-0.25, -0.2) is 14.8 Å². The number of aromatic nitrogens is 4. The number of pyridine rings is 3. The molecule has 0 aliphatic rings. The van der Waals surface area contributed by atoms with Gasteiger partial charge in [-0.3, -0.25) is 9.36 Å². The van der Waals surface area contributed by atoms with Crippen LogP contribution >= 0.6 is 0 Å². The highest BCUT2D eigenvalue weighted by Gasteiger charge is 2.24. The molecule has 5 aromatic rings. The van der Waals surface area contributed by atoms with Crippen molar-refractivity contribution in [2.45, 2.75) is 13.5 Å². The van der Waals surface area contributed by atoms with Gasteiger partial charge < -0.3 is 24.2 Å². The molecule has 0 spiro atoms. The first-order valence-electron chi connectivity index (χ1n) is 12.2. The van der Waals surface area contributed by atoms with Crippen molar-refractivity contribution in [3.63, 3.8) is 0 Å². The maximum absolute atomic E-state index is 13.3. The van der Waals surface area contributed by atoms with E-state index in [1.54, 1.807) is 62.8 Å². The van der Waals surface area contributed by atoms with E-state index in [4.69, 9.17) is 14.0 Å². The van der Waals surface area contributed by atoms with E-state index in [0.29, 0.717) is 29.5 Å². The van der Waals surface area contributed by atoms with E-state index in [1.807, 2.05) is 36.2 Å². The number of nitrogens with zero attached hydrogens (tertiary/aromatic N) is 5. The zero-order valence-electron chi connectivity index (χ0n) is 21.6. The molecule has 4 aromatic heterocycles. The third-order valence-corrected chi connectivity index (χ3v) is 5.97. The van der Waals surface area contributed by atoms with Crippen LogP contribution in [0, 0.1) is 0 Å². The molecule has 0 amide bonds. The van der Waals surface area contributed by atoms with E-state index in [9.17, 15) is 9.59 Å². The van der Waals surface area contributed by atoms with E-state index in [1.165, 1.54) is 4.57 Å². The van der Waals surface area contributed by atoms with Crippen molar-refractivity contribution in [3.8, 4) is 11.6 Å². The van der Waals surface area contributed by atoms with Crippen molar-refractivity contribution in [1.82, 2.24) is 19.7 Å². The van der Waals surface area contributed by atoms with Crippen molar-refractivity contribution >= 4 is 34.3 Å². The molecule has 0 fully saturated rings. The normalized spacial score (nSPS) is 10.8. The first-order valence-corrected chi connectivity index (χ1v) is 12.2. The number of ether oxygens (including phenoxy) is 2. The lowest BCUT2D eigenvalue weighted by molar-refractivity contribution is 0.0516. The van der Waals surface area contributed by atoms with Crippen LogP contribution in [0.5, 0.6) is 5.75 Å². The molecular formula is C28H26N6O5. The Kier molecular flexibility index (Phi) is 7.21. The summed E-state index contributed by atoms with van der Waals surface area (Å²) in [6.45, 7) is 2.39. The molecule has 0 bridgehead atoms. The summed E-state index contributed by atoms with van der Waals surface area (Å²) in [5.74, 6) is 0.913. The predicted octanol–water partition coefficient (Wildman–Crippen LogP) is 4.33. The van der Waals surface area contributed by atoms with E-state index in [2.05, 4.69) is 20.4 Å². The van der Waals surface area contributed by atoms with Crippen LogP contribution in [0.15, 0.2) is 82.4 Å². The molecule has 1 aromatic carbocycles. The van der Waals surface area contributed by atoms with Crippen LogP contribution in [0.4, 0.5) is 17.2 Å². The first-order chi connectivity index (χ1) is 19.0. The molecule has 0 saturated carbocycles. The van der Waals surface area contributed by atoms with E-state index in [0.717, 1.165) is 11.3 Å². The molecule has 0 atom stereocenters. The standard InChI is InChI=1S/C28H26N6O5/c1-4-38-28(36)25-24-26(39-32-25)21(33(2)17-18-10-12-19(37-3)13-11-18)16-22(31-24)30-20-8-7-15-34(27(20)35)23-9-5-6-14-29-23/h5-16H,4,17H2,1-3H3,(H,30,31). The summed E-state index contributed by atoms with van der Waals surface area (Å²) >= 11 is 0. The minimum atomic E-state index is -0.651. The predicted molar refractivity (Wildman–Crippen MR) is 146 cm³/mol. The van der Waals surface area contributed by atoms with Gasteiger partial charge in [-0.05, 0) is 48.9 Å². The van der Waals surface area contributed by atoms with Crippen molar-refractivity contribution in [3.05, 3.63) is 94.7 Å². The lowest BCUT2D eigenvalue weighted by Crippen LogP contribution is -2.21. The molecule has 39 heavy (non-hydrogen) atoms. The average Bonchev–Trinajstić information content (AvgIpc) is 3.39. The Morgan fingerprint density at radius 3 is 2.67 bits per heavy atom. The lowest BCUT2D eigenvalue weighted by atomic mass is 10.2. The Bertz CT molecular complexity index is 1660. The van der Waals surface area contributed by atoms with Gasteiger partial charge in [0.15, 0.2) is 0 Å². The minimum Gasteiger partial charge on any atom is -0.497 e. The molecular weight excluding hydrogens is 500 g/mol. The molecule has 0 unspecified atom stereocenters. The summed E-state index contributed by atoms with van der Waals surface area (Å²) < 4.78 is 17.4. The first kappa shape index (κ1) is 25.5. The number of benzene rings is 1. The monoisotopic (exact) mass is 526 g/mol. The number of nitrogens with one attached hydrogen (secondary N) is 1. The second-order valence-electron chi connectivity index (χ2n) is 8.57. The SMILES string of the molecule is CCOC(=O)c1noc2c(N(C)Cc3ccc(OC)cc3)cc(Nc3cccn(-c4ccccn4)c3=O)nc12. The van der Waals surface area contributed by atoms with Crippen molar-refractivity contribution in [1.29, 1.82) is 0 Å². The third kappa shape index (κ3) is 5.28. The van der Waals surface area contributed by atoms with Crippen molar-refractivity contribution in [2.75, 3.05) is 31.0 Å². The van der Waals surface area contributed by atoms with Crippen LogP contribution in [-0.4, -0.2) is 46.4 Å². The fourth-order valence-electron chi connectivity index (χ4n) is 4.08. The molecule has 0 radical (unpaired) electrons. The fraction of sp³-hybridized carbons (Fsp3) is 0.179. The lowest BCUT2D eigenvalue weighted by Gasteiger charge is -2.20. The molecule has 11 heteroatoms. The summed E-state index contributed by atoms with van der Waals surface area (Å²) in [4.78, 5) is 36.6. The van der Waals surface area contributed by atoms with Gasteiger partial charge in [0.2, 0.25) is 11.3 Å². The largest absolute Gasteiger partial charge is 0.497 e. The van der Waals surface area contributed by atoms with Gasteiger partial charge in [0.25, 0.3) is 5.56 Å². The van der Waals surface area contributed by atoms with Crippen LogP contribution in [0.2, 0.25) is 0 Å². The highest BCUT2D eigenvalue weighted by atomic mass is 16.5. The Labute approximate surface area is 223 Å². The van der Waals surface area contributed by atoms with Crippen molar-refractivity contribution < 1.29 is 18.8 Å². The molecule has 0 aliphatic heterocycles.